The standard InChI is InChI=1S/C14H17FO5/c1-14(2)19-7-13(20-14)12(18)6-11(17)9-5-8(15)3-4-10(9)16/h3-5,12-13,16,18H,6-7H2,1-2H3/t12?,13-/m1/s1. The van der Waals surface area contributed by atoms with Gasteiger partial charge in [0.1, 0.15) is 17.7 Å². The molecule has 0 spiro atoms. The number of aromatic hydroxyl groups is 1. The van der Waals surface area contributed by atoms with E-state index < -0.39 is 29.6 Å². The largest absolute Gasteiger partial charge is 0.507 e. The Morgan fingerprint density at radius 2 is 2.25 bits per heavy atom. The van der Waals surface area contributed by atoms with Gasteiger partial charge in [-0.3, -0.25) is 4.79 Å². The highest BCUT2D eigenvalue weighted by molar-refractivity contribution is 5.98. The topological polar surface area (TPSA) is 76.0 Å². The fourth-order valence-electron chi connectivity index (χ4n) is 2.07. The molecule has 20 heavy (non-hydrogen) atoms. The molecular weight excluding hydrogens is 267 g/mol. The first-order valence-corrected chi connectivity index (χ1v) is 6.30. The lowest BCUT2D eigenvalue weighted by molar-refractivity contribution is -0.150. The normalized spacial score (nSPS) is 22.7. The smallest absolute Gasteiger partial charge is 0.169 e. The van der Waals surface area contributed by atoms with E-state index in [0.717, 1.165) is 18.2 Å². The van der Waals surface area contributed by atoms with Crippen LogP contribution in [0.5, 0.6) is 5.75 Å². The maximum absolute atomic E-state index is 13.1. The molecule has 2 rings (SSSR count). The van der Waals surface area contributed by atoms with Crippen LogP contribution < -0.4 is 0 Å². The number of rotatable bonds is 4. The van der Waals surface area contributed by atoms with Crippen molar-refractivity contribution in [3.05, 3.63) is 29.6 Å². The molecule has 2 N–H and O–H groups in total. The number of aliphatic hydroxyl groups excluding tert-OH is 1. The maximum atomic E-state index is 13.1. The summed E-state index contributed by atoms with van der Waals surface area (Å²) in [5.74, 6) is -2.28. The van der Waals surface area contributed by atoms with Crippen LogP contribution in [0.3, 0.4) is 0 Å². The van der Waals surface area contributed by atoms with Gasteiger partial charge in [0.25, 0.3) is 0 Å². The molecule has 6 heteroatoms. The number of carbonyl (C=O) groups excluding carboxylic acids is 1. The van der Waals surface area contributed by atoms with E-state index >= 15 is 0 Å². The Morgan fingerprint density at radius 3 is 2.85 bits per heavy atom. The van der Waals surface area contributed by atoms with Gasteiger partial charge in [0.15, 0.2) is 11.6 Å². The first kappa shape index (κ1) is 14.9. The molecule has 1 aliphatic heterocycles. The summed E-state index contributed by atoms with van der Waals surface area (Å²) in [6, 6.07) is 3.10. The molecule has 110 valence electrons. The average Bonchev–Trinajstić information content (AvgIpc) is 2.72. The molecular formula is C14H17FO5. The number of ketones is 1. The lowest BCUT2D eigenvalue weighted by Crippen LogP contribution is -2.32. The summed E-state index contributed by atoms with van der Waals surface area (Å²) < 4.78 is 23.8. The molecule has 0 aromatic heterocycles. The van der Waals surface area contributed by atoms with Crippen LogP contribution in [0.1, 0.15) is 30.6 Å². The predicted molar refractivity (Wildman–Crippen MR) is 67.9 cm³/mol. The van der Waals surface area contributed by atoms with E-state index in [9.17, 15) is 19.4 Å². The number of phenols is 1. The summed E-state index contributed by atoms with van der Waals surface area (Å²) in [5, 5.41) is 19.5. The van der Waals surface area contributed by atoms with Crippen molar-refractivity contribution in [1.29, 1.82) is 0 Å². The summed E-state index contributed by atoms with van der Waals surface area (Å²) in [6.45, 7) is 3.59. The molecule has 0 aliphatic carbocycles. The second-order valence-electron chi connectivity index (χ2n) is 5.22. The van der Waals surface area contributed by atoms with Crippen molar-refractivity contribution >= 4 is 5.78 Å². The van der Waals surface area contributed by atoms with Crippen LogP contribution in [0.2, 0.25) is 0 Å². The van der Waals surface area contributed by atoms with Crippen LogP contribution in [0.4, 0.5) is 4.39 Å². The summed E-state index contributed by atoms with van der Waals surface area (Å²) in [5.41, 5.74) is -0.151. The Labute approximate surface area is 115 Å². The molecule has 1 aromatic carbocycles. The Morgan fingerprint density at radius 1 is 1.55 bits per heavy atom. The second kappa shape index (κ2) is 5.47. The number of aliphatic hydroxyl groups is 1. The number of Topliss-reactive ketones (excluding diaryl/α,β-unsaturated/α-hetero) is 1. The zero-order valence-electron chi connectivity index (χ0n) is 11.3. The zero-order chi connectivity index (χ0) is 14.9. The Balaban J connectivity index is 2.03. The lowest BCUT2D eigenvalue weighted by atomic mass is 10.0. The Bertz CT molecular complexity index is 514. The third-order valence-electron chi connectivity index (χ3n) is 3.11. The van der Waals surface area contributed by atoms with Crippen molar-refractivity contribution < 1.29 is 28.9 Å². The van der Waals surface area contributed by atoms with E-state index in [1.807, 2.05) is 0 Å². The quantitative estimate of drug-likeness (QED) is 0.822. The SMILES string of the molecule is CC1(C)OC[C@H](C(O)CC(=O)c2cc(F)ccc2O)O1. The highest BCUT2D eigenvalue weighted by atomic mass is 19.1. The summed E-state index contributed by atoms with van der Waals surface area (Å²) in [6.07, 6.45) is -1.97. The van der Waals surface area contributed by atoms with Gasteiger partial charge in [-0.15, -0.1) is 0 Å². The van der Waals surface area contributed by atoms with Gasteiger partial charge in [0.2, 0.25) is 0 Å². The number of benzene rings is 1. The zero-order valence-corrected chi connectivity index (χ0v) is 11.3. The lowest BCUT2D eigenvalue weighted by Gasteiger charge is -2.20. The van der Waals surface area contributed by atoms with Crippen molar-refractivity contribution in [3.8, 4) is 5.75 Å². The van der Waals surface area contributed by atoms with Gasteiger partial charge < -0.3 is 19.7 Å². The van der Waals surface area contributed by atoms with Crippen LogP contribution in [0.15, 0.2) is 18.2 Å². The first-order chi connectivity index (χ1) is 9.28. The number of ether oxygens (including phenoxy) is 2. The van der Waals surface area contributed by atoms with Gasteiger partial charge in [-0.05, 0) is 32.0 Å². The molecule has 0 radical (unpaired) electrons. The van der Waals surface area contributed by atoms with E-state index in [1.165, 1.54) is 0 Å². The van der Waals surface area contributed by atoms with Crippen LogP contribution in [0, 0.1) is 5.82 Å². The van der Waals surface area contributed by atoms with E-state index in [0.29, 0.717) is 0 Å². The third-order valence-corrected chi connectivity index (χ3v) is 3.11. The third kappa shape index (κ3) is 3.33. The van der Waals surface area contributed by atoms with Crippen molar-refractivity contribution in [2.75, 3.05) is 6.61 Å². The van der Waals surface area contributed by atoms with Crippen molar-refractivity contribution in [1.82, 2.24) is 0 Å². The molecule has 1 saturated heterocycles. The van der Waals surface area contributed by atoms with E-state index in [4.69, 9.17) is 9.47 Å². The van der Waals surface area contributed by atoms with Crippen LogP contribution in [-0.4, -0.2) is 40.6 Å². The monoisotopic (exact) mass is 284 g/mol. The first-order valence-electron chi connectivity index (χ1n) is 6.30. The Hall–Kier alpha value is -1.50. The second-order valence-corrected chi connectivity index (χ2v) is 5.22. The minimum Gasteiger partial charge on any atom is -0.507 e. The van der Waals surface area contributed by atoms with Gasteiger partial charge in [-0.1, -0.05) is 0 Å². The molecule has 1 heterocycles. The van der Waals surface area contributed by atoms with Gasteiger partial charge >= 0.3 is 0 Å². The van der Waals surface area contributed by atoms with Gasteiger partial charge in [0.05, 0.1) is 18.3 Å². The van der Waals surface area contributed by atoms with Crippen molar-refractivity contribution in [3.63, 3.8) is 0 Å². The molecule has 1 aromatic rings. The average molecular weight is 284 g/mol. The summed E-state index contributed by atoms with van der Waals surface area (Å²) in [7, 11) is 0. The highest BCUT2D eigenvalue weighted by Gasteiger charge is 2.37. The van der Waals surface area contributed by atoms with Crippen LogP contribution >= 0.6 is 0 Å². The minimum absolute atomic E-state index is 0.151. The molecule has 1 unspecified atom stereocenters. The molecule has 2 atom stereocenters. The number of phenolic OH excluding ortho intramolecular Hbond substituents is 1. The van der Waals surface area contributed by atoms with Crippen molar-refractivity contribution in [2.24, 2.45) is 0 Å². The molecule has 0 bridgehead atoms. The fraction of sp³-hybridized carbons (Fsp3) is 0.500. The van der Waals surface area contributed by atoms with Gasteiger partial charge in [-0.25, -0.2) is 4.39 Å². The molecule has 0 amide bonds. The molecule has 1 fully saturated rings. The van der Waals surface area contributed by atoms with Gasteiger partial charge in [-0.2, -0.15) is 0 Å². The van der Waals surface area contributed by atoms with Crippen LogP contribution in [0.25, 0.3) is 0 Å². The van der Waals surface area contributed by atoms with Crippen LogP contribution in [-0.2, 0) is 9.47 Å². The molecule has 1 aliphatic rings. The molecule has 5 nitrogen and oxygen atoms in total. The summed E-state index contributed by atoms with van der Waals surface area (Å²) in [4.78, 5) is 12.0. The number of hydrogen-bond donors (Lipinski definition) is 2. The summed E-state index contributed by atoms with van der Waals surface area (Å²) >= 11 is 0. The van der Waals surface area contributed by atoms with E-state index in [1.54, 1.807) is 13.8 Å². The Kier molecular flexibility index (Phi) is 4.08. The minimum atomic E-state index is -1.08. The molecule has 0 saturated carbocycles. The number of halogens is 1. The van der Waals surface area contributed by atoms with Gasteiger partial charge in [0, 0.05) is 6.42 Å². The highest BCUT2D eigenvalue weighted by Crippen LogP contribution is 2.27. The number of hydrogen-bond acceptors (Lipinski definition) is 5. The van der Waals surface area contributed by atoms with E-state index in [2.05, 4.69) is 0 Å². The predicted octanol–water partition coefficient (Wildman–Crippen LogP) is 1.62. The van der Waals surface area contributed by atoms with E-state index in [-0.39, 0.29) is 24.3 Å². The fourth-order valence-corrected chi connectivity index (χ4v) is 2.07. The number of carbonyl (C=O) groups is 1. The maximum Gasteiger partial charge on any atom is 0.169 e. The van der Waals surface area contributed by atoms with Crippen molar-refractivity contribution in [2.45, 2.75) is 38.3 Å².